The molecule has 0 radical (unpaired) electrons. The number of hydrogen-bond acceptors (Lipinski definition) is 0. The molecule has 0 aromatic heterocycles. The number of hydrogen-bond donors (Lipinski definition) is 0. The SMILES string of the molecule is C1=CC2CC1CC2CCC1CC2C=CC1C2.C1=CCC=C1.C1=CCC=C1.C=CCCC1CC2C=CC1C2.C=CCCC1CC2CC1C1C3C=CC(C3)C21.C=CCCC=C. The second-order valence-corrected chi connectivity index (χ2v) is 20.5. The Kier molecular flexibility index (Phi) is 16.9. The number of rotatable bonds is 12. The fraction of sp³-hybridized carbons (Fsp3) is 0.593. The number of fused-ring (bicyclic) bond motifs is 15. The fourth-order valence-corrected chi connectivity index (χ4v) is 14.3. The van der Waals surface area contributed by atoms with Gasteiger partial charge in [0.2, 0.25) is 0 Å². The van der Waals surface area contributed by atoms with Gasteiger partial charge in [-0.05, 0) is 217 Å². The molecule has 0 aromatic rings. The Morgan fingerprint density at radius 3 is 1.14 bits per heavy atom. The first-order chi connectivity index (χ1) is 29.1. The van der Waals surface area contributed by atoms with Crippen LogP contribution in [0.5, 0.6) is 0 Å². The van der Waals surface area contributed by atoms with Crippen molar-refractivity contribution in [2.75, 3.05) is 0 Å². The van der Waals surface area contributed by atoms with Crippen LogP contribution in [0.4, 0.5) is 0 Å². The quantitative estimate of drug-likeness (QED) is 0.105. The van der Waals surface area contributed by atoms with Crippen LogP contribution in [0.25, 0.3) is 0 Å². The highest BCUT2D eigenvalue weighted by Crippen LogP contribution is 2.67. The molecule has 0 spiro atoms. The Morgan fingerprint density at radius 2 is 0.763 bits per heavy atom. The molecule has 0 saturated heterocycles. The zero-order valence-electron chi connectivity index (χ0n) is 37.0. The van der Waals surface area contributed by atoms with E-state index in [2.05, 4.69) is 136 Å². The van der Waals surface area contributed by atoms with Crippen molar-refractivity contribution in [1.29, 1.82) is 0 Å². The van der Waals surface area contributed by atoms with Gasteiger partial charge in [-0.3, -0.25) is 0 Å². The topological polar surface area (TPSA) is 0 Å². The van der Waals surface area contributed by atoms with Gasteiger partial charge in [0.05, 0.1) is 0 Å². The molecule has 6 saturated carbocycles. The summed E-state index contributed by atoms with van der Waals surface area (Å²) in [5.41, 5.74) is 0. The standard InChI is InChI=1S/2C16H22.C11H16.C6H10.2C5H6/c1-3-13-7-11(1)9-15(13)5-6-16-10-12-2-4-14(16)8-12;1-2-3-4-10-7-13-9-14(10)16-12-6-5-11(8-12)15(13)16;1-2-3-4-10-7-9-5-6-11(10)8-9;1-3-5-6-4-2;2*1-2-4-5-3-1/h1-4,11-16H,5-10H2;2,5-6,10-16H,1,3-4,7-9H2;2,5-6,9-11H,1,3-4,7-8H2;3-4H,1-2,5-6H2;2*1-4H,5H2. The van der Waals surface area contributed by atoms with Gasteiger partial charge in [0.25, 0.3) is 0 Å². The van der Waals surface area contributed by atoms with E-state index in [4.69, 9.17) is 0 Å². The maximum Gasteiger partial charge on any atom is -0.0163 e. The molecule has 0 nitrogen and oxygen atoms in total. The smallest absolute Gasteiger partial charge is 0.0163 e. The molecule has 0 aliphatic heterocycles. The average Bonchev–Trinajstić information content (AvgIpc) is 4.10. The predicted octanol–water partition coefficient (Wildman–Crippen LogP) is 16.5. The molecular formula is C59H82. The molecule has 12 rings (SSSR count). The van der Waals surface area contributed by atoms with Crippen molar-refractivity contribution in [1.82, 2.24) is 0 Å². The Balaban J connectivity index is 0.000000115. The van der Waals surface area contributed by atoms with E-state index in [-0.39, 0.29) is 0 Å². The van der Waals surface area contributed by atoms with E-state index in [1.807, 2.05) is 12.2 Å². The summed E-state index contributed by atoms with van der Waals surface area (Å²) >= 11 is 0. The molecule has 6 fully saturated rings. The highest BCUT2D eigenvalue weighted by Gasteiger charge is 2.60. The first-order valence-electron chi connectivity index (χ1n) is 24.9. The molecule has 0 aromatic carbocycles. The Bertz CT molecular complexity index is 1520. The lowest BCUT2D eigenvalue weighted by Gasteiger charge is -2.36. The Labute approximate surface area is 363 Å². The van der Waals surface area contributed by atoms with Gasteiger partial charge in [-0.15, -0.1) is 26.3 Å². The summed E-state index contributed by atoms with van der Waals surface area (Å²) in [5.74, 6) is 16.3. The van der Waals surface area contributed by atoms with E-state index in [1.165, 1.54) is 83.5 Å². The van der Waals surface area contributed by atoms with Crippen molar-refractivity contribution in [3.05, 3.63) is 148 Å². The summed E-state index contributed by atoms with van der Waals surface area (Å²) in [6.45, 7) is 14.7. The van der Waals surface area contributed by atoms with Crippen LogP contribution in [0, 0.1) is 94.7 Å². The van der Waals surface area contributed by atoms with Crippen LogP contribution in [0.15, 0.2) is 148 Å². The minimum absolute atomic E-state index is 0.931. The normalized spacial score (nSPS) is 40.4. The minimum atomic E-state index is 0.931. The van der Waals surface area contributed by atoms with Crippen molar-refractivity contribution < 1.29 is 0 Å². The predicted molar refractivity (Wildman–Crippen MR) is 257 cm³/mol. The molecule has 10 bridgehead atoms. The lowest BCUT2D eigenvalue weighted by atomic mass is 9.68. The van der Waals surface area contributed by atoms with Crippen LogP contribution < -0.4 is 0 Å². The van der Waals surface area contributed by atoms with Crippen molar-refractivity contribution >= 4 is 0 Å². The van der Waals surface area contributed by atoms with Gasteiger partial charge in [-0.2, -0.15) is 0 Å². The maximum absolute atomic E-state index is 3.88. The molecule has 318 valence electrons. The summed E-state index contributed by atoms with van der Waals surface area (Å²) in [7, 11) is 0. The molecule has 0 heterocycles. The lowest BCUT2D eigenvalue weighted by molar-refractivity contribution is 0.145. The van der Waals surface area contributed by atoms with E-state index < -0.39 is 0 Å². The second-order valence-electron chi connectivity index (χ2n) is 20.5. The second kappa shape index (κ2) is 22.6. The average molecular weight is 791 g/mol. The van der Waals surface area contributed by atoms with Gasteiger partial charge in [0.1, 0.15) is 0 Å². The monoisotopic (exact) mass is 791 g/mol. The molecular weight excluding hydrogens is 709 g/mol. The van der Waals surface area contributed by atoms with Crippen molar-refractivity contribution in [3.63, 3.8) is 0 Å². The molecule has 0 heteroatoms. The zero-order chi connectivity index (χ0) is 40.8. The summed E-state index contributed by atoms with van der Waals surface area (Å²) in [6, 6.07) is 0. The van der Waals surface area contributed by atoms with Crippen LogP contribution in [0.1, 0.15) is 122 Å². The molecule has 16 atom stereocenters. The maximum atomic E-state index is 3.88. The van der Waals surface area contributed by atoms with Crippen LogP contribution in [0.2, 0.25) is 0 Å². The molecule has 16 unspecified atom stereocenters. The van der Waals surface area contributed by atoms with Gasteiger partial charge < -0.3 is 0 Å². The van der Waals surface area contributed by atoms with Gasteiger partial charge in [-0.25, -0.2) is 0 Å². The van der Waals surface area contributed by atoms with Gasteiger partial charge in [0, 0.05) is 0 Å². The van der Waals surface area contributed by atoms with Crippen molar-refractivity contribution in [2.45, 2.75) is 122 Å². The van der Waals surface area contributed by atoms with Crippen LogP contribution in [0.3, 0.4) is 0 Å². The van der Waals surface area contributed by atoms with E-state index in [0.717, 1.165) is 120 Å². The third-order valence-corrected chi connectivity index (χ3v) is 16.9. The Hall–Kier alpha value is -3.12. The lowest BCUT2D eigenvalue weighted by Crippen LogP contribution is -2.30. The van der Waals surface area contributed by atoms with E-state index in [0.29, 0.717) is 0 Å². The zero-order valence-corrected chi connectivity index (χ0v) is 37.0. The third-order valence-electron chi connectivity index (χ3n) is 16.9. The molecule has 0 amide bonds. The molecule has 12 aliphatic rings. The van der Waals surface area contributed by atoms with Gasteiger partial charge in [0.15, 0.2) is 0 Å². The Morgan fingerprint density at radius 1 is 0.356 bits per heavy atom. The minimum Gasteiger partial charge on any atom is -0.103 e. The summed E-state index contributed by atoms with van der Waals surface area (Å²) in [4.78, 5) is 0. The van der Waals surface area contributed by atoms with Crippen molar-refractivity contribution in [2.24, 2.45) is 94.7 Å². The molecule has 12 aliphatic carbocycles. The number of unbranched alkanes of at least 4 members (excludes halogenated alkanes) is 1. The van der Waals surface area contributed by atoms with E-state index >= 15 is 0 Å². The van der Waals surface area contributed by atoms with Crippen LogP contribution in [-0.2, 0) is 0 Å². The first kappa shape index (κ1) is 44.0. The van der Waals surface area contributed by atoms with Gasteiger partial charge in [-0.1, -0.05) is 122 Å². The van der Waals surface area contributed by atoms with Crippen molar-refractivity contribution in [3.8, 4) is 0 Å². The highest BCUT2D eigenvalue weighted by atomic mass is 14.6. The highest BCUT2D eigenvalue weighted by molar-refractivity contribution is 5.21. The van der Waals surface area contributed by atoms with Crippen LogP contribution in [-0.4, -0.2) is 0 Å². The molecule has 0 N–H and O–H groups in total. The third kappa shape index (κ3) is 11.6. The number of allylic oxidation sites excluding steroid dienone is 20. The summed E-state index contributed by atoms with van der Waals surface area (Å²) < 4.78 is 0. The van der Waals surface area contributed by atoms with E-state index in [9.17, 15) is 0 Å². The van der Waals surface area contributed by atoms with Gasteiger partial charge >= 0.3 is 0 Å². The largest absolute Gasteiger partial charge is 0.103 e. The molecule has 59 heavy (non-hydrogen) atoms. The first-order valence-corrected chi connectivity index (χ1v) is 24.9. The van der Waals surface area contributed by atoms with Crippen LogP contribution >= 0.6 is 0 Å². The summed E-state index contributed by atoms with van der Waals surface area (Å²) in [5, 5.41) is 0. The fourth-order valence-electron chi connectivity index (χ4n) is 14.3. The van der Waals surface area contributed by atoms with E-state index in [1.54, 1.807) is 12.8 Å². The summed E-state index contributed by atoms with van der Waals surface area (Å²) in [6.07, 6.45) is 70.8.